The molecule has 5 aromatic rings. The first kappa shape index (κ1) is 24.8. The molecule has 0 saturated heterocycles. The molecule has 1 aliphatic carbocycles. The van der Waals surface area contributed by atoms with Crippen molar-refractivity contribution in [1.29, 1.82) is 0 Å². The van der Waals surface area contributed by atoms with Crippen LogP contribution in [0.2, 0.25) is 0 Å². The lowest BCUT2D eigenvalue weighted by atomic mass is 9.83. The number of aliphatic hydroxyl groups excluding tert-OH is 1. The van der Waals surface area contributed by atoms with Crippen LogP contribution in [-0.2, 0) is 6.42 Å². The van der Waals surface area contributed by atoms with Crippen LogP contribution in [0.5, 0.6) is 0 Å². The normalized spacial score (nSPS) is 11.8. The number of hydrogen-bond acceptors (Lipinski definition) is 2. The monoisotopic (exact) mass is 479 g/mol. The van der Waals surface area contributed by atoms with E-state index in [0.717, 1.165) is 17.4 Å². The molecule has 5 aromatic carbocycles. The number of benzene rings is 5. The standard InChI is InChI=1S/C32H23B.C2H7NO/c1-2-11-23-27-20-28-30(21-12-5-3-6-13-21)24-16-9-10-17-25(24)31(22-14-7-4-8-15-22)32(28)26(27)18-19-29(23)33;3-1-2-4/h2-19H,20H2,1H3;4H,1-3H2/b11-2-;. The highest BCUT2D eigenvalue weighted by Crippen LogP contribution is 2.51. The van der Waals surface area contributed by atoms with Gasteiger partial charge in [0.25, 0.3) is 0 Å². The van der Waals surface area contributed by atoms with Gasteiger partial charge < -0.3 is 10.8 Å². The van der Waals surface area contributed by atoms with Gasteiger partial charge in [0, 0.05) is 6.54 Å². The molecule has 0 spiro atoms. The molecule has 3 heteroatoms. The fourth-order valence-corrected chi connectivity index (χ4v) is 5.45. The van der Waals surface area contributed by atoms with Gasteiger partial charge in [-0.2, -0.15) is 0 Å². The number of allylic oxidation sites excluding steroid dienone is 1. The fraction of sp³-hybridized carbons (Fsp3) is 0.118. The number of aliphatic hydroxyl groups is 1. The maximum absolute atomic E-state index is 7.75. The van der Waals surface area contributed by atoms with Gasteiger partial charge in [0.15, 0.2) is 0 Å². The highest BCUT2D eigenvalue weighted by atomic mass is 16.3. The molecule has 180 valence electrons. The summed E-state index contributed by atoms with van der Waals surface area (Å²) in [6.45, 7) is 2.53. The van der Waals surface area contributed by atoms with Gasteiger partial charge in [-0.25, -0.2) is 0 Å². The van der Waals surface area contributed by atoms with Crippen LogP contribution in [0.4, 0.5) is 0 Å². The SMILES string of the molecule is NCCO.[B]c1ccc2c(c1/C=C\C)Cc1c-2c(-c2ccccc2)c2ccccc2c1-c1ccccc1. The van der Waals surface area contributed by atoms with Crippen molar-refractivity contribution in [1.82, 2.24) is 0 Å². The summed E-state index contributed by atoms with van der Waals surface area (Å²) in [5.74, 6) is 0. The molecule has 2 nitrogen and oxygen atoms in total. The van der Waals surface area contributed by atoms with Crippen molar-refractivity contribution in [2.75, 3.05) is 13.2 Å². The Hall–Kier alpha value is -3.92. The number of rotatable bonds is 4. The molecule has 0 fully saturated rings. The van der Waals surface area contributed by atoms with Gasteiger partial charge in [-0.1, -0.05) is 115 Å². The van der Waals surface area contributed by atoms with E-state index in [-0.39, 0.29) is 6.61 Å². The quantitative estimate of drug-likeness (QED) is 0.283. The second kappa shape index (κ2) is 11.0. The van der Waals surface area contributed by atoms with Crippen molar-refractivity contribution >= 4 is 30.2 Å². The molecule has 0 aromatic heterocycles. The Morgan fingerprint density at radius 2 is 1.27 bits per heavy atom. The van der Waals surface area contributed by atoms with Gasteiger partial charge in [0.05, 0.1) is 6.61 Å². The Morgan fingerprint density at radius 1 is 0.730 bits per heavy atom. The summed E-state index contributed by atoms with van der Waals surface area (Å²) in [4.78, 5) is 0. The van der Waals surface area contributed by atoms with E-state index < -0.39 is 0 Å². The summed E-state index contributed by atoms with van der Waals surface area (Å²) < 4.78 is 0. The summed E-state index contributed by atoms with van der Waals surface area (Å²) >= 11 is 0. The van der Waals surface area contributed by atoms with Gasteiger partial charge in [-0.3, -0.25) is 0 Å². The zero-order chi connectivity index (χ0) is 25.8. The highest BCUT2D eigenvalue weighted by Gasteiger charge is 2.29. The van der Waals surface area contributed by atoms with Crippen LogP contribution in [0.15, 0.2) is 103 Å². The minimum Gasteiger partial charge on any atom is -0.395 e. The summed E-state index contributed by atoms with van der Waals surface area (Å²) in [7, 11) is 6.46. The van der Waals surface area contributed by atoms with Gasteiger partial charge in [-0.05, 0) is 74.2 Å². The smallest absolute Gasteiger partial charge is 0.114 e. The molecule has 0 unspecified atom stereocenters. The average Bonchev–Trinajstić information content (AvgIpc) is 3.33. The molecule has 1 aliphatic rings. The maximum atomic E-state index is 7.75. The largest absolute Gasteiger partial charge is 0.395 e. The molecule has 0 aliphatic heterocycles. The van der Waals surface area contributed by atoms with Crippen molar-refractivity contribution < 1.29 is 5.11 Å². The third-order valence-corrected chi connectivity index (χ3v) is 6.92. The summed E-state index contributed by atoms with van der Waals surface area (Å²) in [6.07, 6.45) is 5.12. The molecule has 3 N–H and O–H groups in total. The molecule has 0 heterocycles. The van der Waals surface area contributed by atoms with Crippen molar-refractivity contribution in [3.63, 3.8) is 0 Å². The Labute approximate surface area is 220 Å². The lowest BCUT2D eigenvalue weighted by Gasteiger charge is -2.19. The molecule has 6 rings (SSSR count). The fourth-order valence-electron chi connectivity index (χ4n) is 5.45. The van der Waals surface area contributed by atoms with Crippen LogP contribution >= 0.6 is 0 Å². The van der Waals surface area contributed by atoms with Crippen LogP contribution in [0.3, 0.4) is 0 Å². The minimum atomic E-state index is 0.0972. The van der Waals surface area contributed by atoms with Crippen LogP contribution in [-0.4, -0.2) is 26.1 Å². The van der Waals surface area contributed by atoms with Crippen LogP contribution in [0.1, 0.15) is 23.6 Å². The first-order valence-electron chi connectivity index (χ1n) is 12.7. The molecule has 37 heavy (non-hydrogen) atoms. The van der Waals surface area contributed by atoms with Crippen LogP contribution in [0, 0.1) is 0 Å². The van der Waals surface area contributed by atoms with Gasteiger partial charge in [0.2, 0.25) is 0 Å². The Balaban J connectivity index is 0.000000655. The van der Waals surface area contributed by atoms with Gasteiger partial charge in [0.1, 0.15) is 7.85 Å². The van der Waals surface area contributed by atoms with E-state index in [4.69, 9.17) is 18.7 Å². The third-order valence-electron chi connectivity index (χ3n) is 6.92. The van der Waals surface area contributed by atoms with E-state index >= 15 is 0 Å². The Kier molecular flexibility index (Phi) is 7.36. The van der Waals surface area contributed by atoms with Crippen LogP contribution < -0.4 is 11.2 Å². The van der Waals surface area contributed by atoms with E-state index in [1.807, 2.05) is 0 Å². The Morgan fingerprint density at radius 3 is 1.84 bits per heavy atom. The van der Waals surface area contributed by atoms with Crippen LogP contribution in [0.25, 0.3) is 50.2 Å². The van der Waals surface area contributed by atoms with E-state index in [9.17, 15) is 0 Å². The van der Waals surface area contributed by atoms with E-state index in [0.29, 0.717) is 6.54 Å². The van der Waals surface area contributed by atoms with E-state index in [1.165, 1.54) is 55.3 Å². The van der Waals surface area contributed by atoms with Crippen molar-refractivity contribution in [2.24, 2.45) is 5.73 Å². The molecule has 0 saturated carbocycles. The zero-order valence-electron chi connectivity index (χ0n) is 21.1. The lowest BCUT2D eigenvalue weighted by molar-refractivity contribution is 0.306. The summed E-state index contributed by atoms with van der Waals surface area (Å²) in [5, 5.41) is 10.3. The highest BCUT2D eigenvalue weighted by molar-refractivity contribution is 6.34. The number of fused-ring (bicyclic) bond motifs is 4. The van der Waals surface area contributed by atoms with Crippen molar-refractivity contribution in [3.8, 4) is 33.4 Å². The third kappa shape index (κ3) is 4.53. The topological polar surface area (TPSA) is 46.2 Å². The van der Waals surface area contributed by atoms with Gasteiger partial charge in [-0.15, -0.1) is 0 Å². The lowest BCUT2D eigenvalue weighted by Crippen LogP contribution is -2.09. The molecular weight excluding hydrogens is 449 g/mol. The van der Waals surface area contributed by atoms with Crippen molar-refractivity contribution in [2.45, 2.75) is 13.3 Å². The van der Waals surface area contributed by atoms with Gasteiger partial charge >= 0.3 is 0 Å². The Bertz CT molecular complexity index is 1570. The summed E-state index contributed by atoms with van der Waals surface area (Å²) in [5.41, 5.74) is 17.3. The van der Waals surface area contributed by atoms with Crippen molar-refractivity contribution in [3.05, 3.63) is 120 Å². The average molecular weight is 479 g/mol. The maximum Gasteiger partial charge on any atom is 0.114 e. The van der Waals surface area contributed by atoms with E-state index in [1.54, 1.807) is 0 Å². The molecule has 0 amide bonds. The first-order chi connectivity index (χ1) is 18.2. The minimum absolute atomic E-state index is 0.0972. The molecule has 0 atom stereocenters. The molecule has 2 radical (unpaired) electrons. The summed E-state index contributed by atoms with van der Waals surface area (Å²) in [6, 6.07) is 34.8. The number of nitrogens with two attached hydrogens (primary N) is 1. The predicted octanol–water partition coefficient (Wildman–Crippen LogP) is 6.51. The first-order valence-corrected chi connectivity index (χ1v) is 12.7. The number of hydrogen-bond donors (Lipinski definition) is 2. The molecular formula is C34H30BNO. The second-order valence-electron chi connectivity index (χ2n) is 9.16. The zero-order valence-corrected chi connectivity index (χ0v) is 21.1. The van der Waals surface area contributed by atoms with E-state index in [2.05, 4.69) is 116 Å². The predicted molar refractivity (Wildman–Crippen MR) is 159 cm³/mol. The second-order valence-corrected chi connectivity index (χ2v) is 9.16. The molecule has 0 bridgehead atoms.